The molecule has 2 aromatic heterocycles. The van der Waals surface area contributed by atoms with E-state index in [1.54, 1.807) is 0 Å². The average Bonchev–Trinajstić information content (AvgIpc) is 3.63. The van der Waals surface area contributed by atoms with Crippen LogP contribution in [0, 0.1) is 0 Å². The Kier molecular flexibility index (Phi) is 5.31. The van der Waals surface area contributed by atoms with Gasteiger partial charge in [-0.2, -0.15) is 0 Å². The summed E-state index contributed by atoms with van der Waals surface area (Å²) in [6.45, 7) is 0. The standard InChI is InChI=1S/C44H28N2/c1-2-13-34(14-3-1)46-41-25-22-31-11-6-7-15-36(31)44(41)39-27-38-37-16-8-9-17-40(37)45(42(38)28-43(39)46)35-23-20-30(21-24-35)33-19-18-29-10-4-5-12-32(29)26-33/h1-28H. The molecular formula is C44H28N2. The monoisotopic (exact) mass is 584 g/mol. The van der Waals surface area contributed by atoms with Gasteiger partial charge in [-0.05, 0) is 87.3 Å². The smallest absolute Gasteiger partial charge is 0.0562 e. The van der Waals surface area contributed by atoms with E-state index in [1.165, 1.54) is 82.0 Å². The van der Waals surface area contributed by atoms with Crippen LogP contribution in [-0.4, -0.2) is 9.13 Å². The third-order valence-corrected chi connectivity index (χ3v) is 9.67. The minimum Gasteiger partial charge on any atom is -0.309 e. The third kappa shape index (κ3) is 3.65. The molecular weight excluding hydrogens is 556 g/mol. The fourth-order valence-electron chi connectivity index (χ4n) is 7.55. The van der Waals surface area contributed by atoms with Gasteiger partial charge in [-0.15, -0.1) is 0 Å². The third-order valence-electron chi connectivity index (χ3n) is 9.67. The second-order valence-electron chi connectivity index (χ2n) is 12.2. The predicted octanol–water partition coefficient (Wildman–Crippen LogP) is 11.9. The van der Waals surface area contributed by atoms with Crippen LogP contribution < -0.4 is 0 Å². The first kappa shape index (κ1) is 25.2. The van der Waals surface area contributed by atoms with Gasteiger partial charge in [0.15, 0.2) is 0 Å². The molecule has 10 rings (SSSR count). The van der Waals surface area contributed by atoms with Gasteiger partial charge in [0, 0.05) is 32.9 Å². The van der Waals surface area contributed by atoms with Crippen LogP contribution in [0.25, 0.3) is 87.7 Å². The molecule has 2 heterocycles. The molecule has 214 valence electrons. The first-order valence-electron chi connectivity index (χ1n) is 15.9. The second kappa shape index (κ2) is 9.69. The van der Waals surface area contributed by atoms with Crippen LogP contribution in [0.1, 0.15) is 0 Å². The van der Waals surface area contributed by atoms with Crippen molar-refractivity contribution in [2.24, 2.45) is 0 Å². The van der Waals surface area contributed by atoms with Crippen molar-refractivity contribution in [3.05, 3.63) is 170 Å². The number of fused-ring (bicyclic) bond motifs is 9. The highest BCUT2D eigenvalue weighted by molar-refractivity contribution is 6.25. The molecule has 0 atom stereocenters. The molecule has 0 saturated heterocycles. The summed E-state index contributed by atoms with van der Waals surface area (Å²) in [6, 6.07) is 62.0. The van der Waals surface area contributed by atoms with Crippen LogP contribution in [0.3, 0.4) is 0 Å². The number of benzene rings is 8. The Hall–Kier alpha value is -6.12. The minimum atomic E-state index is 1.16. The molecule has 0 amide bonds. The Morgan fingerprint density at radius 3 is 1.74 bits per heavy atom. The predicted molar refractivity (Wildman–Crippen MR) is 196 cm³/mol. The summed E-state index contributed by atoms with van der Waals surface area (Å²) in [6.07, 6.45) is 0. The van der Waals surface area contributed by atoms with Crippen LogP contribution in [0.4, 0.5) is 0 Å². The highest BCUT2D eigenvalue weighted by Gasteiger charge is 2.19. The molecule has 0 bridgehead atoms. The number of aromatic nitrogens is 2. The van der Waals surface area contributed by atoms with Gasteiger partial charge in [-0.25, -0.2) is 0 Å². The van der Waals surface area contributed by atoms with Gasteiger partial charge in [0.1, 0.15) is 0 Å². The molecule has 46 heavy (non-hydrogen) atoms. The van der Waals surface area contributed by atoms with Crippen LogP contribution in [0.15, 0.2) is 170 Å². The molecule has 2 heteroatoms. The topological polar surface area (TPSA) is 9.86 Å². The maximum absolute atomic E-state index is 2.43. The fraction of sp³-hybridized carbons (Fsp3) is 0. The van der Waals surface area contributed by atoms with Crippen molar-refractivity contribution in [2.45, 2.75) is 0 Å². The zero-order valence-corrected chi connectivity index (χ0v) is 25.1. The van der Waals surface area contributed by atoms with Crippen molar-refractivity contribution < 1.29 is 0 Å². The number of hydrogen-bond donors (Lipinski definition) is 0. The maximum Gasteiger partial charge on any atom is 0.0562 e. The summed E-state index contributed by atoms with van der Waals surface area (Å²) in [5.41, 5.74) is 9.62. The molecule has 10 aromatic rings. The quantitative estimate of drug-likeness (QED) is 0.195. The lowest BCUT2D eigenvalue weighted by molar-refractivity contribution is 1.16. The number of hydrogen-bond acceptors (Lipinski definition) is 0. The first-order valence-corrected chi connectivity index (χ1v) is 15.9. The number of para-hydroxylation sites is 2. The molecule has 2 nitrogen and oxygen atoms in total. The number of nitrogens with zero attached hydrogens (tertiary/aromatic N) is 2. The number of rotatable bonds is 3. The van der Waals surface area contributed by atoms with Gasteiger partial charge in [0.2, 0.25) is 0 Å². The van der Waals surface area contributed by atoms with Crippen LogP contribution in [-0.2, 0) is 0 Å². The first-order chi connectivity index (χ1) is 22.8. The second-order valence-corrected chi connectivity index (χ2v) is 12.2. The molecule has 0 spiro atoms. The Balaban J connectivity index is 1.26. The van der Waals surface area contributed by atoms with Crippen molar-refractivity contribution >= 4 is 65.2 Å². The molecule has 8 aromatic carbocycles. The molecule has 0 fully saturated rings. The van der Waals surface area contributed by atoms with Crippen molar-refractivity contribution in [1.29, 1.82) is 0 Å². The normalized spacial score (nSPS) is 11.9. The molecule has 0 aliphatic rings. The SMILES string of the molecule is c1ccc(-n2c3cc4c(cc3c3c5ccccc5ccc32)c2ccccc2n4-c2ccc(-c3ccc4ccccc4c3)cc2)cc1. The van der Waals surface area contributed by atoms with Crippen molar-refractivity contribution in [1.82, 2.24) is 9.13 Å². The zero-order chi connectivity index (χ0) is 30.2. The van der Waals surface area contributed by atoms with Crippen molar-refractivity contribution in [2.75, 3.05) is 0 Å². The Morgan fingerprint density at radius 1 is 0.283 bits per heavy atom. The van der Waals surface area contributed by atoms with Crippen molar-refractivity contribution in [3.8, 4) is 22.5 Å². The van der Waals surface area contributed by atoms with Crippen LogP contribution in [0.5, 0.6) is 0 Å². The van der Waals surface area contributed by atoms with Crippen LogP contribution in [0.2, 0.25) is 0 Å². The highest BCUT2D eigenvalue weighted by Crippen LogP contribution is 2.42. The van der Waals surface area contributed by atoms with Gasteiger partial charge in [0.05, 0.1) is 22.1 Å². The van der Waals surface area contributed by atoms with Crippen LogP contribution >= 0.6 is 0 Å². The lowest BCUT2D eigenvalue weighted by Gasteiger charge is -2.11. The Labute approximate surface area is 266 Å². The largest absolute Gasteiger partial charge is 0.309 e. The molecule has 0 N–H and O–H groups in total. The van der Waals surface area contributed by atoms with Gasteiger partial charge < -0.3 is 9.13 Å². The van der Waals surface area contributed by atoms with E-state index in [-0.39, 0.29) is 0 Å². The summed E-state index contributed by atoms with van der Waals surface area (Å²) in [5, 5.41) is 10.2. The molecule has 0 aliphatic carbocycles. The van der Waals surface area contributed by atoms with Gasteiger partial charge >= 0.3 is 0 Å². The molecule has 0 aliphatic heterocycles. The van der Waals surface area contributed by atoms with E-state index < -0.39 is 0 Å². The minimum absolute atomic E-state index is 1.16. The Bertz CT molecular complexity index is 2780. The Morgan fingerprint density at radius 2 is 0.891 bits per heavy atom. The van der Waals surface area contributed by atoms with Gasteiger partial charge in [0.25, 0.3) is 0 Å². The van der Waals surface area contributed by atoms with Gasteiger partial charge in [-0.1, -0.05) is 115 Å². The summed E-state index contributed by atoms with van der Waals surface area (Å²) in [7, 11) is 0. The van der Waals surface area contributed by atoms with E-state index in [9.17, 15) is 0 Å². The molecule has 0 unspecified atom stereocenters. The van der Waals surface area contributed by atoms with Crippen molar-refractivity contribution in [3.63, 3.8) is 0 Å². The van der Waals surface area contributed by atoms with E-state index >= 15 is 0 Å². The molecule has 0 radical (unpaired) electrons. The van der Waals surface area contributed by atoms with Gasteiger partial charge in [-0.3, -0.25) is 0 Å². The molecule has 0 saturated carbocycles. The van der Waals surface area contributed by atoms with E-state index in [0.717, 1.165) is 5.69 Å². The average molecular weight is 585 g/mol. The van der Waals surface area contributed by atoms with E-state index in [2.05, 4.69) is 179 Å². The maximum atomic E-state index is 2.43. The zero-order valence-electron chi connectivity index (χ0n) is 25.1. The lowest BCUT2D eigenvalue weighted by atomic mass is 10.0. The van der Waals surface area contributed by atoms with E-state index in [1.807, 2.05) is 0 Å². The van der Waals surface area contributed by atoms with E-state index in [0.29, 0.717) is 0 Å². The fourth-order valence-corrected chi connectivity index (χ4v) is 7.55. The highest BCUT2D eigenvalue weighted by atomic mass is 15.0. The summed E-state index contributed by atoms with van der Waals surface area (Å²) in [4.78, 5) is 0. The summed E-state index contributed by atoms with van der Waals surface area (Å²) >= 11 is 0. The lowest BCUT2D eigenvalue weighted by Crippen LogP contribution is -1.96. The summed E-state index contributed by atoms with van der Waals surface area (Å²) in [5.74, 6) is 0. The summed E-state index contributed by atoms with van der Waals surface area (Å²) < 4.78 is 4.86. The van der Waals surface area contributed by atoms with E-state index in [4.69, 9.17) is 0 Å².